The molecule has 0 aromatic carbocycles. The summed E-state index contributed by atoms with van der Waals surface area (Å²) in [6.45, 7) is 10.5. The molecule has 0 spiro atoms. The average Bonchev–Trinajstić information content (AvgIpc) is 2.84. The predicted molar refractivity (Wildman–Crippen MR) is 80.7 cm³/mol. The van der Waals surface area contributed by atoms with Crippen molar-refractivity contribution in [1.29, 1.82) is 0 Å². The van der Waals surface area contributed by atoms with Crippen molar-refractivity contribution in [3.63, 3.8) is 0 Å². The zero-order valence-corrected chi connectivity index (χ0v) is 13.2. The molecule has 6 heteroatoms. The molecule has 0 saturated carbocycles. The lowest BCUT2D eigenvalue weighted by atomic mass is 9.98. The van der Waals surface area contributed by atoms with Gasteiger partial charge < -0.3 is 5.32 Å². The van der Waals surface area contributed by atoms with Gasteiger partial charge in [-0.25, -0.2) is 19.3 Å². The van der Waals surface area contributed by atoms with Gasteiger partial charge >= 0.3 is 0 Å². The van der Waals surface area contributed by atoms with E-state index in [1.807, 2.05) is 12.3 Å². The minimum atomic E-state index is -0.401. The summed E-state index contributed by atoms with van der Waals surface area (Å²) in [5, 5.41) is 5.85. The van der Waals surface area contributed by atoms with Crippen LogP contribution >= 0.6 is 11.3 Å². The van der Waals surface area contributed by atoms with Gasteiger partial charge in [0.05, 0.1) is 10.7 Å². The van der Waals surface area contributed by atoms with Gasteiger partial charge in [-0.2, -0.15) is 0 Å². The first-order chi connectivity index (χ1) is 9.32. The first-order valence-electron chi connectivity index (χ1n) is 6.57. The van der Waals surface area contributed by atoms with Gasteiger partial charge in [-0.15, -0.1) is 11.3 Å². The molecule has 108 valence electrons. The fourth-order valence-corrected chi connectivity index (χ4v) is 2.57. The standard InChI is InChI=1S/C14H19FN4S/c1-6-16-12-10(15)8(2)17-11(19-12)9-7-20-13(18-9)14(3,4)5/h7H,6H2,1-5H3,(H,16,17,19). The van der Waals surface area contributed by atoms with Gasteiger partial charge in [0, 0.05) is 17.3 Å². The van der Waals surface area contributed by atoms with Crippen molar-refractivity contribution >= 4 is 17.2 Å². The Kier molecular flexibility index (Phi) is 4.04. The predicted octanol–water partition coefficient (Wildman–Crippen LogP) is 3.78. The van der Waals surface area contributed by atoms with Gasteiger partial charge in [0.2, 0.25) is 0 Å². The normalized spacial score (nSPS) is 11.7. The second kappa shape index (κ2) is 5.44. The smallest absolute Gasteiger partial charge is 0.186 e. The molecule has 0 saturated heterocycles. The van der Waals surface area contributed by atoms with E-state index < -0.39 is 5.82 Å². The van der Waals surface area contributed by atoms with Crippen LogP contribution < -0.4 is 5.32 Å². The van der Waals surface area contributed by atoms with E-state index in [2.05, 4.69) is 41.0 Å². The molecule has 0 fully saturated rings. The summed E-state index contributed by atoms with van der Waals surface area (Å²) in [5.74, 6) is 0.300. The molecule has 0 atom stereocenters. The molecule has 0 aliphatic heterocycles. The van der Waals surface area contributed by atoms with Gasteiger partial charge in [-0.05, 0) is 13.8 Å². The highest BCUT2D eigenvalue weighted by molar-refractivity contribution is 7.10. The zero-order chi connectivity index (χ0) is 14.9. The number of rotatable bonds is 3. The maximum atomic E-state index is 13.9. The van der Waals surface area contributed by atoms with Crippen molar-refractivity contribution in [2.45, 2.75) is 40.0 Å². The summed E-state index contributed by atoms with van der Waals surface area (Å²) in [6.07, 6.45) is 0. The monoisotopic (exact) mass is 294 g/mol. The number of aryl methyl sites for hydroxylation is 1. The molecule has 0 radical (unpaired) electrons. The zero-order valence-electron chi connectivity index (χ0n) is 12.4. The van der Waals surface area contributed by atoms with Crippen molar-refractivity contribution in [2.75, 3.05) is 11.9 Å². The minimum absolute atomic E-state index is 0.0114. The largest absolute Gasteiger partial charge is 0.368 e. The van der Waals surface area contributed by atoms with Gasteiger partial charge in [0.15, 0.2) is 17.5 Å². The van der Waals surface area contributed by atoms with Crippen molar-refractivity contribution in [2.24, 2.45) is 0 Å². The van der Waals surface area contributed by atoms with Crippen molar-refractivity contribution < 1.29 is 4.39 Å². The Labute approximate surface area is 122 Å². The number of thiazole rings is 1. The Morgan fingerprint density at radius 2 is 1.95 bits per heavy atom. The molecule has 2 aromatic heterocycles. The Hall–Kier alpha value is -1.56. The lowest BCUT2D eigenvalue weighted by molar-refractivity contribution is 0.585. The van der Waals surface area contributed by atoms with Crippen LogP contribution in [0.2, 0.25) is 0 Å². The minimum Gasteiger partial charge on any atom is -0.368 e. The first-order valence-corrected chi connectivity index (χ1v) is 7.45. The molecular formula is C14H19FN4S. The van der Waals surface area contributed by atoms with Crippen LogP contribution in [0.25, 0.3) is 11.5 Å². The van der Waals surface area contributed by atoms with Crippen LogP contribution in [0.5, 0.6) is 0 Å². The number of nitrogens with one attached hydrogen (secondary N) is 1. The third kappa shape index (κ3) is 2.95. The number of hydrogen-bond donors (Lipinski definition) is 1. The number of halogens is 1. The van der Waals surface area contributed by atoms with Crippen LogP contribution in [0.4, 0.5) is 10.2 Å². The summed E-state index contributed by atoms with van der Waals surface area (Å²) < 4.78 is 13.9. The quantitative estimate of drug-likeness (QED) is 0.936. The summed E-state index contributed by atoms with van der Waals surface area (Å²) in [5.41, 5.74) is 1.01. The van der Waals surface area contributed by atoms with E-state index in [-0.39, 0.29) is 11.2 Å². The van der Waals surface area contributed by atoms with Crippen LogP contribution in [-0.2, 0) is 5.41 Å². The van der Waals surface area contributed by atoms with E-state index in [1.165, 1.54) is 0 Å². The van der Waals surface area contributed by atoms with Gasteiger partial charge in [0.1, 0.15) is 5.69 Å². The Bertz CT molecular complexity index is 616. The van der Waals surface area contributed by atoms with Crippen molar-refractivity contribution in [1.82, 2.24) is 15.0 Å². The summed E-state index contributed by atoms with van der Waals surface area (Å²) in [4.78, 5) is 13.0. The Balaban J connectivity index is 2.45. The van der Waals surface area contributed by atoms with Crippen LogP contribution in [0, 0.1) is 12.7 Å². The topological polar surface area (TPSA) is 50.7 Å². The fourth-order valence-electron chi connectivity index (χ4n) is 1.68. The van der Waals surface area contributed by atoms with Gasteiger partial charge in [-0.1, -0.05) is 20.8 Å². The van der Waals surface area contributed by atoms with Crippen LogP contribution in [0.3, 0.4) is 0 Å². The van der Waals surface area contributed by atoms with E-state index in [4.69, 9.17) is 0 Å². The van der Waals surface area contributed by atoms with Crippen molar-refractivity contribution in [3.8, 4) is 11.5 Å². The molecule has 0 aliphatic rings. The molecule has 0 unspecified atom stereocenters. The Morgan fingerprint density at radius 3 is 2.50 bits per heavy atom. The highest BCUT2D eigenvalue weighted by Gasteiger charge is 2.20. The molecule has 1 N–H and O–H groups in total. The Morgan fingerprint density at radius 1 is 1.25 bits per heavy atom. The van der Waals surface area contributed by atoms with E-state index in [1.54, 1.807) is 18.3 Å². The molecule has 2 aromatic rings. The molecule has 20 heavy (non-hydrogen) atoms. The van der Waals surface area contributed by atoms with E-state index in [9.17, 15) is 4.39 Å². The molecule has 2 heterocycles. The fraction of sp³-hybridized carbons (Fsp3) is 0.500. The number of aromatic nitrogens is 3. The van der Waals surface area contributed by atoms with Crippen LogP contribution in [-0.4, -0.2) is 21.5 Å². The van der Waals surface area contributed by atoms with Gasteiger partial charge in [0.25, 0.3) is 0 Å². The van der Waals surface area contributed by atoms with E-state index >= 15 is 0 Å². The maximum absolute atomic E-state index is 13.9. The molecular weight excluding hydrogens is 275 g/mol. The molecule has 0 aliphatic carbocycles. The summed E-state index contributed by atoms with van der Waals surface area (Å²) in [6, 6.07) is 0. The number of nitrogens with zero attached hydrogens (tertiary/aromatic N) is 3. The van der Waals surface area contributed by atoms with E-state index in [0.717, 1.165) is 5.01 Å². The lowest BCUT2D eigenvalue weighted by Crippen LogP contribution is -2.10. The van der Waals surface area contributed by atoms with Crippen LogP contribution in [0.1, 0.15) is 38.4 Å². The molecule has 0 bridgehead atoms. The highest BCUT2D eigenvalue weighted by atomic mass is 32.1. The third-order valence-electron chi connectivity index (χ3n) is 2.74. The summed E-state index contributed by atoms with van der Waals surface area (Å²) in [7, 11) is 0. The SMILES string of the molecule is CCNc1nc(-c2csc(C(C)(C)C)n2)nc(C)c1F. The second-order valence-electron chi connectivity index (χ2n) is 5.61. The summed E-state index contributed by atoms with van der Waals surface area (Å²) >= 11 is 1.58. The molecule has 0 amide bonds. The third-order valence-corrected chi connectivity index (χ3v) is 4.00. The average molecular weight is 294 g/mol. The van der Waals surface area contributed by atoms with Crippen LogP contribution in [0.15, 0.2) is 5.38 Å². The highest BCUT2D eigenvalue weighted by Crippen LogP contribution is 2.29. The maximum Gasteiger partial charge on any atom is 0.186 e. The van der Waals surface area contributed by atoms with Crippen molar-refractivity contribution in [3.05, 3.63) is 21.9 Å². The van der Waals surface area contributed by atoms with E-state index in [0.29, 0.717) is 23.8 Å². The lowest BCUT2D eigenvalue weighted by Gasteiger charge is -2.13. The first kappa shape index (κ1) is 14.8. The second-order valence-corrected chi connectivity index (χ2v) is 6.47. The molecule has 2 rings (SSSR count). The molecule has 4 nitrogen and oxygen atoms in total. The number of anilines is 1. The van der Waals surface area contributed by atoms with Gasteiger partial charge in [-0.3, -0.25) is 0 Å². The number of hydrogen-bond acceptors (Lipinski definition) is 5.